The molecule has 0 unspecified atom stereocenters. The zero-order valence-electron chi connectivity index (χ0n) is 9.21. The van der Waals surface area contributed by atoms with E-state index >= 15 is 0 Å². The number of fused-ring (bicyclic) bond motifs is 1. The summed E-state index contributed by atoms with van der Waals surface area (Å²) in [6.45, 7) is 4.23. The Morgan fingerprint density at radius 2 is 2.19 bits per heavy atom. The van der Waals surface area contributed by atoms with Crippen LogP contribution < -0.4 is 0 Å². The number of halogens is 1. The minimum absolute atomic E-state index is 0.0386. The Kier molecular flexibility index (Phi) is 2.93. The first-order valence-corrected chi connectivity index (χ1v) is 6.49. The molecule has 86 valence electrons. The molecule has 1 aliphatic rings. The van der Waals surface area contributed by atoms with Gasteiger partial charge in [0.05, 0.1) is 10.6 Å². The van der Waals surface area contributed by atoms with E-state index in [1.807, 2.05) is 6.07 Å². The molecule has 0 fully saturated rings. The molecule has 1 heterocycles. The van der Waals surface area contributed by atoms with E-state index in [4.69, 9.17) is 16.7 Å². The molecule has 1 aromatic carbocycles. The number of aromatic carboxylic acids is 1. The second-order valence-electron chi connectivity index (χ2n) is 4.59. The summed E-state index contributed by atoms with van der Waals surface area (Å²) in [5, 5.41) is 9.45. The van der Waals surface area contributed by atoms with Crippen LogP contribution in [0.3, 0.4) is 0 Å². The van der Waals surface area contributed by atoms with Gasteiger partial charge in [-0.25, -0.2) is 4.79 Å². The number of carbonyl (C=O) groups is 1. The SMILES string of the molecule is CC1(C)CCSc2ccc(C(=O)O)c(Cl)c21. The van der Waals surface area contributed by atoms with Crippen LogP contribution in [-0.2, 0) is 5.41 Å². The van der Waals surface area contributed by atoms with E-state index in [1.165, 1.54) is 0 Å². The molecular weight excluding hydrogens is 244 g/mol. The van der Waals surface area contributed by atoms with Crippen molar-refractivity contribution in [1.82, 2.24) is 0 Å². The van der Waals surface area contributed by atoms with Crippen LogP contribution in [0.4, 0.5) is 0 Å². The molecule has 0 spiro atoms. The maximum absolute atomic E-state index is 11.0. The third-order valence-corrected chi connectivity index (χ3v) is 4.45. The van der Waals surface area contributed by atoms with Crippen LogP contribution in [0.15, 0.2) is 17.0 Å². The van der Waals surface area contributed by atoms with E-state index in [0.717, 1.165) is 22.6 Å². The first-order valence-electron chi connectivity index (χ1n) is 5.12. The quantitative estimate of drug-likeness (QED) is 0.830. The van der Waals surface area contributed by atoms with Crippen LogP contribution in [0.1, 0.15) is 36.2 Å². The smallest absolute Gasteiger partial charge is 0.337 e. The van der Waals surface area contributed by atoms with Gasteiger partial charge in [-0.15, -0.1) is 11.8 Å². The van der Waals surface area contributed by atoms with Crippen LogP contribution in [0, 0.1) is 0 Å². The van der Waals surface area contributed by atoms with Crippen LogP contribution >= 0.6 is 23.4 Å². The predicted molar refractivity (Wildman–Crippen MR) is 66.8 cm³/mol. The van der Waals surface area contributed by atoms with E-state index in [9.17, 15) is 4.79 Å². The monoisotopic (exact) mass is 256 g/mol. The maximum Gasteiger partial charge on any atom is 0.337 e. The van der Waals surface area contributed by atoms with E-state index in [2.05, 4.69) is 13.8 Å². The molecule has 1 N–H and O–H groups in total. The Labute approximate surface area is 104 Å². The Hall–Kier alpha value is -0.670. The fourth-order valence-electron chi connectivity index (χ4n) is 2.02. The van der Waals surface area contributed by atoms with Gasteiger partial charge in [-0.1, -0.05) is 25.4 Å². The van der Waals surface area contributed by atoms with Gasteiger partial charge >= 0.3 is 5.97 Å². The van der Waals surface area contributed by atoms with Gasteiger partial charge in [0.2, 0.25) is 0 Å². The summed E-state index contributed by atoms with van der Waals surface area (Å²) in [4.78, 5) is 12.1. The maximum atomic E-state index is 11.0. The highest BCUT2D eigenvalue weighted by Gasteiger charge is 2.32. The molecule has 0 aromatic heterocycles. The Balaban J connectivity index is 2.67. The summed E-state index contributed by atoms with van der Waals surface area (Å²) < 4.78 is 0. The number of rotatable bonds is 1. The van der Waals surface area contributed by atoms with E-state index in [-0.39, 0.29) is 11.0 Å². The summed E-state index contributed by atoms with van der Waals surface area (Å²) in [6.07, 6.45) is 1.02. The van der Waals surface area contributed by atoms with Gasteiger partial charge in [0, 0.05) is 4.90 Å². The minimum atomic E-state index is -0.959. The van der Waals surface area contributed by atoms with Crippen molar-refractivity contribution in [1.29, 1.82) is 0 Å². The molecule has 0 saturated heterocycles. The highest BCUT2D eigenvalue weighted by Crippen LogP contribution is 2.45. The van der Waals surface area contributed by atoms with Crippen molar-refractivity contribution in [3.05, 3.63) is 28.3 Å². The molecule has 0 atom stereocenters. The van der Waals surface area contributed by atoms with Gasteiger partial charge in [-0.05, 0) is 35.3 Å². The standard InChI is InChI=1S/C12H13ClO2S/c1-12(2)5-6-16-8-4-3-7(11(14)15)10(13)9(8)12/h3-4H,5-6H2,1-2H3,(H,14,15). The molecule has 0 saturated carbocycles. The fourth-order valence-corrected chi connectivity index (χ4v) is 4.09. The van der Waals surface area contributed by atoms with Crippen molar-refractivity contribution < 1.29 is 9.90 Å². The first kappa shape index (κ1) is 11.8. The summed E-state index contributed by atoms with van der Waals surface area (Å²) in [7, 11) is 0. The summed E-state index contributed by atoms with van der Waals surface area (Å²) in [5.74, 6) is 0.0992. The van der Waals surface area contributed by atoms with Gasteiger partial charge in [0.15, 0.2) is 0 Å². The average Bonchev–Trinajstić information content (AvgIpc) is 2.15. The van der Waals surface area contributed by atoms with Crippen molar-refractivity contribution in [3.63, 3.8) is 0 Å². The lowest BCUT2D eigenvalue weighted by molar-refractivity contribution is 0.0697. The topological polar surface area (TPSA) is 37.3 Å². The number of thioether (sulfide) groups is 1. The first-order chi connectivity index (χ1) is 7.43. The molecule has 4 heteroatoms. The molecule has 0 radical (unpaired) electrons. The van der Waals surface area contributed by atoms with Crippen molar-refractivity contribution >= 4 is 29.3 Å². The Morgan fingerprint density at radius 1 is 1.50 bits per heavy atom. The average molecular weight is 257 g/mol. The second-order valence-corrected chi connectivity index (χ2v) is 6.10. The lowest BCUT2D eigenvalue weighted by atomic mass is 9.81. The van der Waals surface area contributed by atoms with Crippen molar-refractivity contribution in [3.8, 4) is 0 Å². The lowest BCUT2D eigenvalue weighted by Gasteiger charge is -2.33. The second kappa shape index (κ2) is 3.97. The van der Waals surface area contributed by atoms with E-state index in [0.29, 0.717) is 5.02 Å². The third kappa shape index (κ3) is 1.82. The van der Waals surface area contributed by atoms with Gasteiger partial charge in [-0.3, -0.25) is 0 Å². The van der Waals surface area contributed by atoms with Gasteiger partial charge in [-0.2, -0.15) is 0 Å². The molecule has 0 amide bonds. The molecule has 1 aromatic rings. The van der Waals surface area contributed by atoms with Crippen LogP contribution in [-0.4, -0.2) is 16.8 Å². The fraction of sp³-hybridized carbons (Fsp3) is 0.417. The largest absolute Gasteiger partial charge is 0.478 e. The van der Waals surface area contributed by atoms with Crippen LogP contribution in [0.25, 0.3) is 0 Å². The molecule has 2 nitrogen and oxygen atoms in total. The molecule has 1 aliphatic heterocycles. The number of hydrogen-bond acceptors (Lipinski definition) is 2. The number of hydrogen-bond donors (Lipinski definition) is 1. The third-order valence-electron chi connectivity index (χ3n) is 3.00. The molecule has 0 bridgehead atoms. The van der Waals surface area contributed by atoms with E-state index < -0.39 is 5.97 Å². The van der Waals surface area contributed by atoms with Gasteiger partial charge in [0.1, 0.15) is 0 Å². The van der Waals surface area contributed by atoms with Crippen molar-refractivity contribution in [2.45, 2.75) is 30.6 Å². The minimum Gasteiger partial charge on any atom is -0.478 e. The highest BCUT2D eigenvalue weighted by atomic mass is 35.5. The van der Waals surface area contributed by atoms with Gasteiger partial charge < -0.3 is 5.11 Å². The van der Waals surface area contributed by atoms with Crippen molar-refractivity contribution in [2.75, 3.05) is 5.75 Å². The highest BCUT2D eigenvalue weighted by molar-refractivity contribution is 7.99. The molecule has 2 rings (SSSR count). The lowest BCUT2D eigenvalue weighted by Crippen LogP contribution is -2.24. The van der Waals surface area contributed by atoms with Crippen LogP contribution in [0.5, 0.6) is 0 Å². The molecule has 16 heavy (non-hydrogen) atoms. The van der Waals surface area contributed by atoms with Crippen molar-refractivity contribution in [2.24, 2.45) is 0 Å². The zero-order chi connectivity index (χ0) is 11.9. The summed E-state index contributed by atoms with van der Waals surface area (Å²) in [5.41, 5.74) is 1.16. The number of benzene rings is 1. The zero-order valence-corrected chi connectivity index (χ0v) is 10.8. The van der Waals surface area contributed by atoms with Crippen LogP contribution in [0.2, 0.25) is 5.02 Å². The molecular formula is C12H13ClO2S. The van der Waals surface area contributed by atoms with E-state index in [1.54, 1.807) is 17.8 Å². The number of carboxylic acid groups (broad SMARTS) is 1. The summed E-state index contributed by atoms with van der Waals surface area (Å²) in [6, 6.07) is 3.47. The number of carboxylic acids is 1. The predicted octanol–water partition coefficient (Wildman–Crippen LogP) is 3.81. The normalized spacial score (nSPS) is 17.9. The van der Waals surface area contributed by atoms with Gasteiger partial charge in [0.25, 0.3) is 0 Å². The summed E-state index contributed by atoms with van der Waals surface area (Å²) >= 11 is 7.96. The molecule has 0 aliphatic carbocycles. The Morgan fingerprint density at radius 3 is 2.81 bits per heavy atom. The Bertz CT molecular complexity index is 455.